The van der Waals surface area contributed by atoms with Gasteiger partial charge in [0.1, 0.15) is 30.7 Å². The van der Waals surface area contributed by atoms with E-state index in [1.165, 1.54) is 4.57 Å². The van der Waals surface area contributed by atoms with Crippen LogP contribution in [0.2, 0.25) is 0 Å². The van der Waals surface area contributed by atoms with Gasteiger partial charge in [-0.1, -0.05) is 37.3 Å². The van der Waals surface area contributed by atoms with E-state index in [1.54, 1.807) is 44.2 Å². The Morgan fingerprint density at radius 3 is 2.64 bits per heavy atom. The zero-order chi connectivity index (χ0) is 43.0. The Hall–Kier alpha value is -4.90. The fraction of sp³-hybridized carbons (Fsp3) is 0.455. The van der Waals surface area contributed by atoms with Gasteiger partial charge in [0, 0.05) is 11.5 Å². The molecule has 61 heavy (non-hydrogen) atoms. The van der Waals surface area contributed by atoms with Gasteiger partial charge in [-0.15, -0.1) is 5.10 Å². The number of halogens is 2. The molecule has 7 heterocycles. The molecule has 28 heteroatoms. The molecule has 3 saturated heterocycles. The van der Waals surface area contributed by atoms with Gasteiger partial charge >= 0.3 is 15.3 Å². The highest BCUT2D eigenvalue weighted by Crippen LogP contribution is 2.56. The summed E-state index contributed by atoms with van der Waals surface area (Å²) < 4.78 is 76.4. The minimum absolute atomic E-state index is 0.00255. The largest absolute Gasteiger partial charge is 0.346 e. The van der Waals surface area contributed by atoms with Gasteiger partial charge in [-0.3, -0.25) is 33.8 Å². The monoisotopic (exact) mass is 906 g/mol. The van der Waals surface area contributed by atoms with Crippen molar-refractivity contribution in [3.05, 3.63) is 58.9 Å². The standard InChI is InChI=1S/C33H34F2N12O11P2S/c1-15(2)28(48)42-33-41-27-22(30(50)43-33)39-14-46(27)32-24-19(34)17(55-32)11-52-59(51)57-23-18(12-54-60(61,58-24)53-10-6-9-36)56-31(20(23)35)47-26-21(44-45-47)25(37-13-38-26)40-29(49)16-7-4-3-5-8-16/h3-5,7-8,13-15,17-20,23-24,31-32,51H,6,10-12H2,1-2H3,(H,37,38,40,49)(H2,41,42,43,48,50)/t17-,18-,19-,20+,23-,24-,31?,32-,59?,60?/m1/s1. The number of aromatic amines is 1. The van der Waals surface area contributed by atoms with Crippen molar-refractivity contribution in [2.45, 2.75) is 69.5 Å². The molecule has 1 aromatic carbocycles. The van der Waals surface area contributed by atoms with Crippen molar-refractivity contribution >= 4 is 73.0 Å². The Kier molecular flexibility index (Phi) is 12.5. The molecule has 10 atom stereocenters. The zero-order valence-corrected chi connectivity index (χ0v) is 34.3. The van der Waals surface area contributed by atoms with E-state index in [9.17, 15) is 24.5 Å². The number of H-pyrrole nitrogens is 1. The van der Waals surface area contributed by atoms with E-state index in [0.29, 0.717) is 5.56 Å². The smallest absolute Gasteiger partial charge is 0.330 e. The van der Waals surface area contributed by atoms with Crippen molar-refractivity contribution in [1.82, 2.24) is 44.5 Å². The van der Waals surface area contributed by atoms with Crippen molar-refractivity contribution in [3.63, 3.8) is 0 Å². The summed E-state index contributed by atoms with van der Waals surface area (Å²) in [6, 6.07) is 10.2. The number of imidazole rings is 1. The minimum atomic E-state index is -4.16. The number of alkyl halides is 2. The Balaban J connectivity index is 1.08. The fourth-order valence-electron chi connectivity index (χ4n) is 6.43. The normalized spacial score (nSPS) is 29.4. The highest BCUT2D eigenvalue weighted by molar-refractivity contribution is 8.07. The molecule has 2 bridgehead atoms. The predicted molar refractivity (Wildman–Crippen MR) is 208 cm³/mol. The van der Waals surface area contributed by atoms with Crippen LogP contribution in [0.25, 0.3) is 22.3 Å². The van der Waals surface area contributed by atoms with Crippen LogP contribution in [0.4, 0.5) is 20.5 Å². The second-order valence-corrected chi connectivity index (χ2v) is 17.7. The summed E-state index contributed by atoms with van der Waals surface area (Å²) in [5.41, 5.74) is -0.768. The number of hydrogen-bond acceptors (Lipinski definition) is 19. The molecule has 3 aliphatic rings. The van der Waals surface area contributed by atoms with E-state index in [1.807, 2.05) is 6.07 Å². The molecule has 3 unspecified atom stereocenters. The first-order valence-corrected chi connectivity index (χ1v) is 22.0. The van der Waals surface area contributed by atoms with Crippen LogP contribution in [-0.4, -0.2) is 118 Å². The van der Waals surface area contributed by atoms with Crippen molar-refractivity contribution in [2.24, 2.45) is 5.92 Å². The maximum Gasteiger partial charge on any atom is 0.330 e. The molecule has 4 aromatic heterocycles. The van der Waals surface area contributed by atoms with Crippen molar-refractivity contribution in [3.8, 4) is 6.07 Å². The van der Waals surface area contributed by atoms with Gasteiger partial charge in [0.15, 0.2) is 52.9 Å². The molecule has 0 saturated carbocycles. The van der Waals surface area contributed by atoms with Gasteiger partial charge in [0.2, 0.25) is 11.9 Å². The first-order chi connectivity index (χ1) is 29.3. The molecular formula is C33H34F2N12O11P2S. The third-order valence-corrected chi connectivity index (χ3v) is 12.6. The van der Waals surface area contributed by atoms with Crippen LogP contribution in [0.5, 0.6) is 0 Å². The second kappa shape index (κ2) is 17.8. The zero-order valence-electron chi connectivity index (χ0n) is 31.7. The lowest BCUT2D eigenvalue weighted by atomic mass is 10.1. The minimum Gasteiger partial charge on any atom is -0.346 e. The molecule has 5 aromatic rings. The molecule has 0 spiro atoms. The van der Waals surface area contributed by atoms with Crippen LogP contribution in [0.15, 0.2) is 47.8 Å². The summed E-state index contributed by atoms with van der Waals surface area (Å²) in [4.78, 5) is 68.3. The number of carbonyl (C=O) groups excluding carboxylic acids is 2. The molecule has 0 aliphatic carbocycles. The van der Waals surface area contributed by atoms with Crippen LogP contribution in [0.3, 0.4) is 0 Å². The Morgan fingerprint density at radius 2 is 1.87 bits per heavy atom. The van der Waals surface area contributed by atoms with E-state index in [0.717, 1.165) is 17.3 Å². The summed E-state index contributed by atoms with van der Waals surface area (Å²) >= 11 is 5.73. The Morgan fingerprint density at radius 1 is 1.08 bits per heavy atom. The van der Waals surface area contributed by atoms with Gasteiger partial charge in [-0.05, 0) is 23.9 Å². The number of ether oxygens (including phenoxy) is 2. The first kappa shape index (κ1) is 42.8. The van der Waals surface area contributed by atoms with Crippen LogP contribution in [0, 0.1) is 17.2 Å². The lowest BCUT2D eigenvalue weighted by Crippen LogP contribution is -2.34. The summed E-state index contributed by atoms with van der Waals surface area (Å²) in [5.74, 6) is -1.67. The maximum absolute atomic E-state index is 16.6. The van der Waals surface area contributed by atoms with Crippen LogP contribution in [0.1, 0.15) is 43.1 Å². The second-order valence-electron chi connectivity index (χ2n) is 13.8. The average Bonchev–Trinajstić information content (AvgIpc) is 4.01. The molecule has 0 radical (unpaired) electrons. The number of amides is 2. The van der Waals surface area contributed by atoms with Gasteiger partial charge in [-0.2, -0.15) is 14.9 Å². The fourth-order valence-corrected chi connectivity index (χ4v) is 9.29. The van der Waals surface area contributed by atoms with Gasteiger partial charge in [0.25, 0.3) is 11.5 Å². The topological polar surface area (TPSA) is 287 Å². The van der Waals surface area contributed by atoms with E-state index in [4.69, 9.17) is 43.9 Å². The Labute approximate surface area is 348 Å². The quantitative estimate of drug-likeness (QED) is 0.122. The molecule has 3 fully saturated rings. The maximum atomic E-state index is 16.6. The van der Waals surface area contributed by atoms with Crippen molar-refractivity contribution in [2.75, 3.05) is 30.5 Å². The Bertz CT molecular complexity index is 2590. The van der Waals surface area contributed by atoms with Gasteiger partial charge in [-0.25, -0.2) is 23.7 Å². The molecule has 8 rings (SSSR count). The van der Waals surface area contributed by atoms with Crippen LogP contribution in [-0.2, 0) is 48.7 Å². The van der Waals surface area contributed by atoms with Crippen molar-refractivity contribution in [1.29, 1.82) is 5.26 Å². The number of nitrogens with one attached hydrogen (secondary N) is 3. The highest BCUT2D eigenvalue weighted by Gasteiger charge is 2.54. The number of carbonyl (C=O) groups is 2. The number of nitriles is 1. The average molecular weight is 907 g/mol. The number of anilines is 2. The highest BCUT2D eigenvalue weighted by atomic mass is 32.5. The molecule has 2 amide bonds. The van der Waals surface area contributed by atoms with Gasteiger partial charge in [0.05, 0.1) is 38.6 Å². The lowest BCUT2D eigenvalue weighted by Gasteiger charge is -2.29. The summed E-state index contributed by atoms with van der Waals surface area (Å²) in [6.07, 6.45) is -11.5. The number of hydrogen-bond donors (Lipinski definition) is 4. The SMILES string of the molecule is CC(C)C(=O)Nc1nc2c(ncn2[C@@H]2O[C@@H]3COP(O)O[C@H]4[C@H](F)C(n5nnc6c(NC(=O)c7ccccc7)ncnc65)O[C@@H]4COP(=S)(OCCC#N)O[C@@H]2[C@@H]3F)c(=O)[nH]1. The lowest BCUT2D eigenvalue weighted by molar-refractivity contribution is -0.118. The van der Waals surface area contributed by atoms with Crippen LogP contribution >= 0.6 is 15.3 Å². The van der Waals surface area contributed by atoms with E-state index in [2.05, 4.69) is 45.9 Å². The summed E-state index contributed by atoms with van der Waals surface area (Å²) in [7, 11) is -2.96. The third-order valence-electron chi connectivity index (χ3n) is 9.45. The van der Waals surface area contributed by atoms with E-state index >= 15 is 8.78 Å². The van der Waals surface area contributed by atoms with Crippen molar-refractivity contribution < 1.29 is 55.4 Å². The summed E-state index contributed by atoms with van der Waals surface area (Å²) in [6.45, 7) is -2.53. The predicted octanol–water partition coefficient (Wildman–Crippen LogP) is 2.86. The van der Waals surface area contributed by atoms with Gasteiger partial charge < -0.3 is 37.8 Å². The van der Waals surface area contributed by atoms with E-state index < -0.39 is 101 Å². The number of aromatic nitrogens is 9. The molecular weight excluding hydrogens is 872 g/mol. The molecule has 3 aliphatic heterocycles. The number of nitrogens with zero attached hydrogens (tertiary/aromatic N) is 9. The number of fused-ring (bicyclic) bond motifs is 5. The molecule has 23 nitrogen and oxygen atoms in total. The third kappa shape index (κ3) is 8.77. The number of benzene rings is 1. The van der Waals surface area contributed by atoms with E-state index in [-0.39, 0.29) is 47.1 Å². The molecule has 322 valence electrons. The molecule has 4 N–H and O–H groups in total. The van der Waals surface area contributed by atoms with Crippen LogP contribution < -0.4 is 16.2 Å². The first-order valence-electron chi connectivity index (χ1n) is 18.4. The number of rotatable bonds is 9. The summed E-state index contributed by atoms with van der Waals surface area (Å²) in [5, 5.41) is 22.5.